The Balaban J connectivity index is 2.61. The first-order chi connectivity index (χ1) is 8.17. The summed E-state index contributed by atoms with van der Waals surface area (Å²) in [5.74, 6) is -0.365. The highest BCUT2D eigenvalue weighted by Gasteiger charge is 2.09. The van der Waals surface area contributed by atoms with Gasteiger partial charge in [0.1, 0.15) is 5.82 Å². The summed E-state index contributed by atoms with van der Waals surface area (Å²) in [5.41, 5.74) is 0.928. The van der Waals surface area contributed by atoms with Crippen LogP contribution in [-0.4, -0.2) is 26.3 Å². The molecule has 0 bridgehead atoms. The maximum Gasteiger partial charge on any atom is 0.142 e. The van der Waals surface area contributed by atoms with Crippen molar-refractivity contribution in [3.8, 4) is 0 Å². The zero-order valence-electron chi connectivity index (χ0n) is 10.3. The predicted octanol–water partition coefficient (Wildman–Crippen LogP) is 3.04. The maximum atomic E-state index is 13.3. The molecule has 17 heavy (non-hydrogen) atoms. The molecule has 4 heteroatoms. The monoisotopic (exact) mass is 259 g/mol. The Bertz CT molecular complexity index is 346. The van der Waals surface area contributed by atoms with Crippen molar-refractivity contribution in [2.45, 2.75) is 25.8 Å². The summed E-state index contributed by atoms with van der Waals surface area (Å²) in [6.45, 7) is 3.66. The fraction of sp³-hybridized carbons (Fsp3) is 0.538. The van der Waals surface area contributed by atoms with Gasteiger partial charge in [-0.05, 0) is 37.1 Å². The predicted molar refractivity (Wildman–Crippen MR) is 69.1 cm³/mol. The average Bonchev–Trinajstić information content (AvgIpc) is 2.31. The van der Waals surface area contributed by atoms with Gasteiger partial charge >= 0.3 is 0 Å². The van der Waals surface area contributed by atoms with E-state index in [-0.39, 0.29) is 16.9 Å². The summed E-state index contributed by atoms with van der Waals surface area (Å²) in [6, 6.07) is 5.14. The largest absolute Gasteiger partial charge is 0.383 e. The van der Waals surface area contributed by atoms with Crippen LogP contribution in [0.4, 0.5) is 4.39 Å². The van der Waals surface area contributed by atoms with Gasteiger partial charge in [0.2, 0.25) is 0 Å². The molecule has 0 amide bonds. The van der Waals surface area contributed by atoms with E-state index in [2.05, 4.69) is 12.2 Å². The number of hydrogen-bond donors (Lipinski definition) is 1. The minimum absolute atomic E-state index is 0.165. The Morgan fingerprint density at radius 1 is 1.47 bits per heavy atom. The number of ether oxygens (including phenoxy) is 1. The quantitative estimate of drug-likeness (QED) is 0.813. The van der Waals surface area contributed by atoms with E-state index in [1.54, 1.807) is 13.2 Å². The zero-order chi connectivity index (χ0) is 12.7. The fourth-order valence-corrected chi connectivity index (χ4v) is 1.81. The van der Waals surface area contributed by atoms with E-state index in [1.807, 2.05) is 6.07 Å². The minimum atomic E-state index is -0.365. The van der Waals surface area contributed by atoms with E-state index in [9.17, 15) is 4.39 Å². The molecule has 0 aromatic heterocycles. The molecule has 1 atom stereocenters. The number of hydrogen-bond acceptors (Lipinski definition) is 2. The molecule has 0 saturated carbocycles. The van der Waals surface area contributed by atoms with E-state index in [4.69, 9.17) is 16.3 Å². The van der Waals surface area contributed by atoms with Crippen molar-refractivity contribution in [1.29, 1.82) is 0 Å². The zero-order valence-corrected chi connectivity index (χ0v) is 11.1. The van der Waals surface area contributed by atoms with Gasteiger partial charge in [-0.3, -0.25) is 0 Å². The first kappa shape index (κ1) is 14.4. The third-order valence-electron chi connectivity index (χ3n) is 2.52. The standard InChI is InChI=1S/C13H19ClFNO/c1-3-6-16-11(9-17-2)7-10-4-5-12(14)13(15)8-10/h4-5,8,11,16H,3,6-7,9H2,1-2H3. The van der Waals surface area contributed by atoms with Crippen LogP contribution in [0.5, 0.6) is 0 Å². The molecule has 0 spiro atoms. The van der Waals surface area contributed by atoms with Crippen LogP contribution in [0, 0.1) is 5.82 Å². The Morgan fingerprint density at radius 2 is 2.24 bits per heavy atom. The Hall–Kier alpha value is -0.640. The lowest BCUT2D eigenvalue weighted by molar-refractivity contribution is 0.166. The van der Waals surface area contributed by atoms with Gasteiger partial charge in [0, 0.05) is 13.2 Å². The molecule has 0 radical (unpaired) electrons. The smallest absolute Gasteiger partial charge is 0.142 e. The molecule has 0 aliphatic carbocycles. The Labute approximate surface area is 107 Å². The second-order valence-corrected chi connectivity index (χ2v) is 4.47. The number of halogens is 2. The molecule has 0 aliphatic rings. The highest BCUT2D eigenvalue weighted by molar-refractivity contribution is 6.30. The number of nitrogens with one attached hydrogen (secondary N) is 1. The van der Waals surface area contributed by atoms with Gasteiger partial charge in [0.05, 0.1) is 11.6 Å². The summed E-state index contributed by atoms with van der Waals surface area (Å²) in [5, 5.41) is 3.54. The molecular weight excluding hydrogens is 241 g/mol. The van der Waals surface area contributed by atoms with E-state index >= 15 is 0 Å². The van der Waals surface area contributed by atoms with Crippen LogP contribution in [0.1, 0.15) is 18.9 Å². The van der Waals surface area contributed by atoms with E-state index in [1.165, 1.54) is 6.07 Å². The molecule has 0 fully saturated rings. The summed E-state index contributed by atoms with van der Waals surface area (Å²) in [4.78, 5) is 0. The van der Waals surface area contributed by atoms with Crippen LogP contribution in [0.25, 0.3) is 0 Å². The van der Waals surface area contributed by atoms with Crippen LogP contribution in [-0.2, 0) is 11.2 Å². The Morgan fingerprint density at radius 3 is 2.82 bits per heavy atom. The molecular formula is C13H19ClFNO. The van der Waals surface area contributed by atoms with Crippen molar-refractivity contribution in [3.63, 3.8) is 0 Å². The van der Waals surface area contributed by atoms with Gasteiger partial charge in [-0.15, -0.1) is 0 Å². The molecule has 1 aromatic rings. The third-order valence-corrected chi connectivity index (χ3v) is 2.82. The second kappa shape index (κ2) is 7.64. The molecule has 1 rings (SSSR count). The lowest BCUT2D eigenvalue weighted by Crippen LogP contribution is -2.35. The van der Waals surface area contributed by atoms with E-state index in [0.29, 0.717) is 6.61 Å². The van der Waals surface area contributed by atoms with Crippen LogP contribution in [0.15, 0.2) is 18.2 Å². The summed E-state index contributed by atoms with van der Waals surface area (Å²) in [6.07, 6.45) is 1.80. The molecule has 1 N–H and O–H groups in total. The number of methoxy groups -OCH3 is 1. The SMILES string of the molecule is CCCNC(COC)Cc1ccc(Cl)c(F)c1. The van der Waals surface area contributed by atoms with Crippen molar-refractivity contribution in [1.82, 2.24) is 5.32 Å². The number of benzene rings is 1. The van der Waals surface area contributed by atoms with Gasteiger partial charge in [0.25, 0.3) is 0 Å². The molecule has 1 unspecified atom stereocenters. The van der Waals surface area contributed by atoms with Gasteiger partial charge in [-0.25, -0.2) is 4.39 Å². The minimum Gasteiger partial charge on any atom is -0.383 e. The van der Waals surface area contributed by atoms with E-state index in [0.717, 1.165) is 24.9 Å². The summed E-state index contributed by atoms with van der Waals surface area (Å²) in [7, 11) is 1.67. The number of rotatable bonds is 7. The van der Waals surface area contributed by atoms with Crippen molar-refractivity contribution < 1.29 is 9.13 Å². The van der Waals surface area contributed by atoms with Crippen molar-refractivity contribution in [2.75, 3.05) is 20.3 Å². The molecule has 0 aliphatic heterocycles. The van der Waals surface area contributed by atoms with Crippen LogP contribution in [0.2, 0.25) is 5.02 Å². The highest BCUT2D eigenvalue weighted by atomic mass is 35.5. The first-order valence-corrected chi connectivity index (χ1v) is 6.21. The van der Waals surface area contributed by atoms with Crippen molar-refractivity contribution >= 4 is 11.6 Å². The van der Waals surface area contributed by atoms with Gasteiger partial charge < -0.3 is 10.1 Å². The molecule has 0 heterocycles. The van der Waals surface area contributed by atoms with Gasteiger partial charge in [0.15, 0.2) is 0 Å². The maximum absolute atomic E-state index is 13.3. The molecule has 1 aromatic carbocycles. The molecule has 2 nitrogen and oxygen atoms in total. The topological polar surface area (TPSA) is 21.3 Å². The van der Waals surface area contributed by atoms with Gasteiger partial charge in [-0.1, -0.05) is 24.6 Å². The lowest BCUT2D eigenvalue weighted by atomic mass is 10.1. The van der Waals surface area contributed by atoms with Gasteiger partial charge in [-0.2, -0.15) is 0 Å². The molecule has 0 saturated heterocycles. The normalized spacial score (nSPS) is 12.7. The first-order valence-electron chi connectivity index (χ1n) is 5.83. The highest BCUT2D eigenvalue weighted by Crippen LogP contribution is 2.16. The fourth-order valence-electron chi connectivity index (χ4n) is 1.69. The average molecular weight is 260 g/mol. The van der Waals surface area contributed by atoms with Crippen LogP contribution >= 0.6 is 11.6 Å². The summed E-state index contributed by atoms with van der Waals surface area (Å²) < 4.78 is 18.4. The van der Waals surface area contributed by atoms with Crippen LogP contribution in [0.3, 0.4) is 0 Å². The van der Waals surface area contributed by atoms with Crippen molar-refractivity contribution in [3.05, 3.63) is 34.6 Å². The Kier molecular flexibility index (Phi) is 6.48. The lowest BCUT2D eigenvalue weighted by Gasteiger charge is -2.17. The third kappa shape index (κ3) is 5.02. The van der Waals surface area contributed by atoms with Crippen molar-refractivity contribution in [2.24, 2.45) is 0 Å². The molecule has 96 valence electrons. The van der Waals surface area contributed by atoms with Crippen LogP contribution < -0.4 is 5.32 Å². The summed E-state index contributed by atoms with van der Waals surface area (Å²) >= 11 is 5.65. The van der Waals surface area contributed by atoms with E-state index < -0.39 is 0 Å². The second-order valence-electron chi connectivity index (χ2n) is 4.06.